The van der Waals surface area contributed by atoms with E-state index in [0.29, 0.717) is 18.7 Å². The maximum Gasteiger partial charge on any atom is 0.362 e. The Hall–Kier alpha value is -3.84. The smallest absolute Gasteiger partial charge is 0.362 e. The number of Topliss-reactive ketones (excluding diaryl/α,β-unsaturated/α-hetero) is 1. The molecule has 0 unspecified atom stereocenters. The molecule has 1 saturated heterocycles. The summed E-state index contributed by atoms with van der Waals surface area (Å²) in [6, 6.07) is 6.83. The molecular formula is C40H53N3O9S. The lowest BCUT2D eigenvalue weighted by Gasteiger charge is -2.34. The standard InChI is InChI=1S/C40H53N3O9S/c1-7-28-22-40(28,37(47)42-53(48,49)52-39(6)16-17-39)23-33(44)32-20-29(50-35-30-14-13-25(2)19-27(30)15-18-41-35)24-43(32)36(46)31(26-11-9-8-10-12-26)21-34(45)51-38(3,4)5/h7,13-15,18-19,26,28-29,31-32H,1,8-12,16-17,20-24H2,2-6H3,(H,42,47)/t28-,29-,31+,32+,40-/m1/s1. The first kappa shape index (κ1) is 38.9. The number of aryl methyl sites for hydroxylation is 1. The molecule has 1 N–H and O–H groups in total. The molecule has 2 heterocycles. The molecule has 2 amide bonds. The van der Waals surface area contributed by atoms with E-state index in [1.54, 1.807) is 40.0 Å². The molecule has 6 rings (SSSR count). The van der Waals surface area contributed by atoms with E-state index in [1.807, 2.05) is 31.2 Å². The fraction of sp³-hybridized carbons (Fsp3) is 0.625. The van der Waals surface area contributed by atoms with Gasteiger partial charge in [-0.2, -0.15) is 8.42 Å². The number of carbonyl (C=O) groups excluding carboxylic acids is 4. The van der Waals surface area contributed by atoms with Crippen molar-refractivity contribution < 1.29 is 41.3 Å². The first-order valence-electron chi connectivity index (χ1n) is 18.9. The monoisotopic (exact) mass is 751 g/mol. The third-order valence-electron chi connectivity index (χ3n) is 11.3. The SMILES string of the molecule is C=C[C@@H]1C[C@]1(CC(=O)[C@@H]1C[C@@H](Oc2nccc3cc(C)ccc23)CN1C(=O)[C@@H](CC(=O)OC(C)(C)C)C1CCCCC1)C(=O)NS(=O)(=O)OC1(C)CC1. The highest BCUT2D eigenvalue weighted by atomic mass is 32.2. The van der Waals surface area contributed by atoms with Gasteiger partial charge in [0.1, 0.15) is 11.7 Å². The third kappa shape index (κ3) is 9.11. The number of likely N-dealkylation sites (tertiary alicyclic amines) is 1. The van der Waals surface area contributed by atoms with Gasteiger partial charge in [0.2, 0.25) is 17.7 Å². The lowest BCUT2D eigenvalue weighted by atomic mass is 9.77. The van der Waals surface area contributed by atoms with Gasteiger partial charge in [0.05, 0.1) is 35.9 Å². The van der Waals surface area contributed by atoms with Crippen molar-refractivity contribution in [2.45, 2.75) is 129 Å². The minimum atomic E-state index is -4.42. The summed E-state index contributed by atoms with van der Waals surface area (Å²) in [5.41, 5.74) is -1.86. The zero-order valence-corrected chi connectivity index (χ0v) is 32.3. The minimum Gasteiger partial charge on any atom is -0.472 e. The Morgan fingerprint density at radius 2 is 1.83 bits per heavy atom. The van der Waals surface area contributed by atoms with Crippen LogP contribution in [0.25, 0.3) is 10.8 Å². The highest BCUT2D eigenvalue weighted by Crippen LogP contribution is 2.57. The van der Waals surface area contributed by atoms with Crippen LogP contribution in [-0.2, 0) is 38.4 Å². The summed E-state index contributed by atoms with van der Waals surface area (Å²) in [7, 11) is -4.42. The Morgan fingerprint density at radius 1 is 1.11 bits per heavy atom. The Morgan fingerprint density at radius 3 is 2.47 bits per heavy atom. The van der Waals surface area contributed by atoms with Gasteiger partial charge in [0, 0.05) is 24.4 Å². The first-order valence-corrected chi connectivity index (χ1v) is 20.3. The van der Waals surface area contributed by atoms with Crippen molar-refractivity contribution in [1.29, 1.82) is 0 Å². The van der Waals surface area contributed by atoms with Gasteiger partial charge in [0.25, 0.3) is 0 Å². The van der Waals surface area contributed by atoms with Crippen molar-refractivity contribution in [3.63, 3.8) is 0 Å². The number of pyridine rings is 1. The molecule has 12 nitrogen and oxygen atoms in total. The van der Waals surface area contributed by atoms with Crippen molar-refractivity contribution in [3.8, 4) is 5.88 Å². The van der Waals surface area contributed by atoms with Gasteiger partial charge >= 0.3 is 16.3 Å². The molecule has 3 saturated carbocycles. The van der Waals surface area contributed by atoms with E-state index in [-0.39, 0.29) is 44.1 Å². The highest BCUT2D eigenvalue weighted by Gasteiger charge is 2.61. The molecule has 1 aromatic heterocycles. The number of carbonyl (C=O) groups is 4. The number of benzene rings is 1. The van der Waals surface area contributed by atoms with E-state index in [4.69, 9.17) is 13.7 Å². The van der Waals surface area contributed by atoms with Crippen LogP contribution in [0.5, 0.6) is 5.88 Å². The van der Waals surface area contributed by atoms with Crippen LogP contribution < -0.4 is 9.46 Å². The quantitative estimate of drug-likeness (QED) is 0.182. The number of allylic oxidation sites excluding steroid dienone is 1. The van der Waals surface area contributed by atoms with Crippen LogP contribution >= 0.6 is 0 Å². The zero-order valence-electron chi connectivity index (χ0n) is 31.5. The van der Waals surface area contributed by atoms with Crippen molar-refractivity contribution in [2.75, 3.05) is 6.54 Å². The number of hydrogen-bond donors (Lipinski definition) is 1. The van der Waals surface area contributed by atoms with E-state index in [1.165, 1.54) is 4.90 Å². The molecular weight excluding hydrogens is 699 g/mol. The van der Waals surface area contributed by atoms with Crippen LogP contribution in [-0.4, -0.2) is 71.8 Å². The molecule has 0 spiro atoms. The van der Waals surface area contributed by atoms with Crippen molar-refractivity contribution in [3.05, 3.63) is 48.7 Å². The Kier molecular flexibility index (Phi) is 10.8. The van der Waals surface area contributed by atoms with E-state index in [2.05, 4.69) is 16.3 Å². The van der Waals surface area contributed by atoms with Gasteiger partial charge in [0.15, 0.2) is 5.78 Å². The average molecular weight is 752 g/mol. The van der Waals surface area contributed by atoms with Gasteiger partial charge in [-0.25, -0.2) is 13.9 Å². The molecule has 13 heteroatoms. The van der Waals surface area contributed by atoms with Crippen molar-refractivity contribution in [1.82, 2.24) is 14.6 Å². The van der Waals surface area contributed by atoms with E-state index < -0.39 is 68.6 Å². The number of esters is 1. The number of ketones is 1. The normalized spacial score (nSPS) is 26.1. The second kappa shape index (κ2) is 14.8. The second-order valence-electron chi connectivity index (χ2n) is 16.9. The second-order valence-corrected chi connectivity index (χ2v) is 18.2. The van der Waals surface area contributed by atoms with Crippen LogP contribution in [0.4, 0.5) is 0 Å². The summed E-state index contributed by atoms with van der Waals surface area (Å²) in [4.78, 5) is 62.2. The van der Waals surface area contributed by atoms with Crippen molar-refractivity contribution in [2.24, 2.45) is 23.2 Å². The number of amides is 2. The molecule has 53 heavy (non-hydrogen) atoms. The van der Waals surface area contributed by atoms with Gasteiger partial charge in [-0.15, -0.1) is 6.58 Å². The van der Waals surface area contributed by atoms with Crippen LogP contribution in [0.1, 0.15) is 104 Å². The average Bonchev–Trinajstić information content (AvgIpc) is 3.94. The number of hydrogen-bond acceptors (Lipinski definition) is 10. The topological polar surface area (TPSA) is 158 Å². The number of nitrogens with zero attached hydrogens (tertiary/aromatic N) is 2. The van der Waals surface area contributed by atoms with E-state index >= 15 is 0 Å². The van der Waals surface area contributed by atoms with Crippen LogP contribution in [0.2, 0.25) is 0 Å². The summed E-state index contributed by atoms with van der Waals surface area (Å²) in [5.74, 6) is -2.85. The lowest BCUT2D eigenvalue weighted by Crippen LogP contribution is -2.48. The zero-order chi connectivity index (χ0) is 38.3. The number of aromatic nitrogens is 1. The summed E-state index contributed by atoms with van der Waals surface area (Å²) in [6.45, 7) is 12.9. The molecule has 0 radical (unpaired) electrons. The van der Waals surface area contributed by atoms with Crippen LogP contribution in [0.15, 0.2) is 43.1 Å². The molecule has 2 aromatic rings. The molecule has 288 valence electrons. The van der Waals surface area contributed by atoms with Gasteiger partial charge < -0.3 is 14.4 Å². The Labute approximate surface area is 312 Å². The number of ether oxygens (including phenoxy) is 2. The number of fused-ring (bicyclic) bond motifs is 1. The summed E-state index contributed by atoms with van der Waals surface area (Å²) in [5, 5.41) is 1.73. The first-order chi connectivity index (χ1) is 24.9. The van der Waals surface area contributed by atoms with Gasteiger partial charge in [-0.05, 0) is 96.1 Å². The van der Waals surface area contributed by atoms with Crippen LogP contribution in [0.3, 0.4) is 0 Å². The van der Waals surface area contributed by atoms with E-state index in [0.717, 1.165) is 48.4 Å². The summed E-state index contributed by atoms with van der Waals surface area (Å²) in [6.07, 6.45) is 8.14. The number of rotatable bonds is 14. The predicted octanol–water partition coefficient (Wildman–Crippen LogP) is 5.90. The van der Waals surface area contributed by atoms with Gasteiger partial charge in [-0.1, -0.05) is 43.0 Å². The number of nitrogens with one attached hydrogen (secondary N) is 1. The molecule has 4 fully saturated rings. The molecule has 5 atom stereocenters. The molecule has 1 aliphatic heterocycles. The third-order valence-corrected chi connectivity index (χ3v) is 12.3. The van der Waals surface area contributed by atoms with E-state index in [9.17, 15) is 27.6 Å². The molecule has 3 aliphatic carbocycles. The molecule has 4 aliphatic rings. The minimum absolute atomic E-state index is 0.0632. The fourth-order valence-corrected chi connectivity index (χ4v) is 9.27. The van der Waals surface area contributed by atoms with Gasteiger partial charge in [-0.3, -0.25) is 19.2 Å². The molecule has 0 bridgehead atoms. The maximum absolute atomic E-state index is 14.8. The fourth-order valence-electron chi connectivity index (χ4n) is 8.10. The summed E-state index contributed by atoms with van der Waals surface area (Å²) < 4.78 is 45.0. The Bertz CT molecular complexity index is 1880. The predicted molar refractivity (Wildman–Crippen MR) is 198 cm³/mol. The van der Waals surface area contributed by atoms with Crippen LogP contribution in [0, 0.1) is 30.1 Å². The molecule has 1 aromatic carbocycles. The maximum atomic E-state index is 14.8. The summed E-state index contributed by atoms with van der Waals surface area (Å²) >= 11 is 0. The Balaban J connectivity index is 1.28. The largest absolute Gasteiger partial charge is 0.472 e. The lowest BCUT2D eigenvalue weighted by molar-refractivity contribution is -0.160. The highest BCUT2D eigenvalue weighted by molar-refractivity contribution is 7.85. The van der Waals surface area contributed by atoms with Crippen molar-refractivity contribution >= 4 is 44.6 Å².